The third-order valence-electron chi connectivity index (χ3n) is 4.74. The van der Waals surface area contributed by atoms with E-state index in [2.05, 4.69) is 18.7 Å². The second-order valence-electron chi connectivity index (χ2n) is 6.45. The first-order valence-corrected chi connectivity index (χ1v) is 7.75. The van der Waals surface area contributed by atoms with E-state index in [1.165, 1.54) is 6.42 Å². The van der Waals surface area contributed by atoms with Gasteiger partial charge in [0.2, 0.25) is 0 Å². The summed E-state index contributed by atoms with van der Waals surface area (Å²) in [5, 5.41) is 10.8. The summed E-state index contributed by atoms with van der Waals surface area (Å²) in [6.07, 6.45) is 1.99. The van der Waals surface area contributed by atoms with Crippen molar-refractivity contribution in [1.29, 1.82) is 0 Å². The van der Waals surface area contributed by atoms with Crippen LogP contribution in [0.1, 0.15) is 32.3 Å². The number of aliphatic hydroxyl groups is 1. The Bertz CT molecular complexity index is 407. The summed E-state index contributed by atoms with van der Waals surface area (Å²) in [4.78, 5) is 2.47. The first-order valence-electron chi connectivity index (χ1n) is 7.75. The van der Waals surface area contributed by atoms with E-state index in [0.717, 1.165) is 37.0 Å². The molecule has 1 aliphatic rings. The summed E-state index contributed by atoms with van der Waals surface area (Å²) in [5.74, 6) is 1.56. The van der Waals surface area contributed by atoms with Gasteiger partial charge < -0.3 is 15.7 Å². The summed E-state index contributed by atoms with van der Waals surface area (Å²) in [5.41, 5.74) is 5.87. The lowest BCUT2D eigenvalue weighted by atomic mass is 9.90. The zero-order valence-corrected chi connectivity index (χ0v) is 12.8. The van der Waals surface area contributed by atoms with Gasteiger partial charge in [-0.3, -0.25) is 0 Å². The van der Waals surface area contributed by atoms with Crippen LogP contribution in [0.15, 0.2) is 30.3 Å². The van der Waals surface area contributed by atoms with Crippen LogP contribution in [0.3, 0.4) is 0 Å². The monoisotopic (exact) mass is 276 g/mol. The van der Waals surface area contributed by atoms with E-state index in [-0.39, 0.29) is 6.54 Å². The lowest BCUT2D eigenvalue weighted by molar-refractivity contribution is 0.0274. The quantitative estimate of drug-likeness (QED) is 0.837. The molecule has 0 bridgehead atoms. The van der Waals surface area contributed by atoms with E-state index in [1.54, 1.807) is 0 Å². The van der Waals surface area contributed by atoms with Crippen molar-refractivity contribution in [1.82, 2.24) is 4.90 Å². The Morgan fingerprint density at radius 2 is 2.05 bits per heavy atom. The van der Waals surface area contributed by atoms with Crippen molar-refractivity contribution in [3.8, 4) is 0 Å². The Labute approximate surface area is 122 Å². The lowest BCUT2D eigenvalue weighted by Gasteiger charge is -2.29. The van der Waals surface area contributed by atoms with Gasteiger partial charge >= 0.3 is 0 Å². The summed E-state index contributed by atoms with van der Waals surface area (Å²) in [6.45, 7) is 8.11. The molecule has 112 valence electrons. The van der Waals surface area contributed by atoms with Crippen molar-refractivity contribution in [3.63, 3.8) is 0 Å². The van der Waals surface area contributed by atoms with Crippen molar-refractivity contribution < 1.29 is 5.11 Å². The van der Waals surface area contributed by atoms with Crippen LogP contribution in [0.25, 0.3) is 0 Å². The van der Waals surface area contributed by atoms with E-state index in [0.29, 0.717) is 6.42 Å². The van der Waals surface area contributed by atoms with Gasteiger partial charge in [0, 0.05) is 19.6 Å². The average molecular weight is 276 g/mol. The van der Waals surface area contributed by atoms with Crippen LogP contribution in [0.5, 0.6) is 0 Å². The Kier molecular flexibility index (Phi) is 5.19. The van der Waals surface area contributed by atoms with Crippen molar-refractivity contribution in [2.75, 3.05) is 26.2 Å². The van der Waals surface area contributed by atoms with Gasteiger partial charge in [-0.1, -0.05) is 44.2 Å². The zero-order valence-electron chi connectivity index (χ0n) is 12.8. The molecular weight excluding hydrogens is 248 g/mol. The summed E-state index contributed by atoms with van der Waals surface area (Å²) in [6, 6.07) is 9.82. The zero-order chi connectivity index (χ0) is 14.6. The van der Waals surface area contributed by atoms with Gasteiger partial charge in [0.1, 0.15) is 5.60 Å². The van der Waals surface area contributed by atoms with Crippen LogP contribution in [0, 0.1) is 11.8 Å². The Balaban J connectivity index is 1.92. The SMILES string of the molecule is CC(C)C1CCN(CCC(O)(CN)c2ccccc2)C1. The molecule has 1 aromatic carbocycles. The van der Waals surface area contributed by atoms with Crippen molar-refractivity contribution in [2.24, 2.45) is 17.6 Å². The summed E-state index contributed by atoms with van der Waals surface area (Å²) >= 11 is 0. The lowest BCUT2D eigenvalue weighted by Crippen LogP contribution is -2.38. The van der Waals surface area contributed by atoms with E-state index < -0.39 is 5.60 Å². The minimum Gasteiger partial charge on any atom is -0.384 e. The molecule has 0 amide bonds. The van der Waals surface area contributed by atoms with Crippen molar-refractivity contribution in [2.45, 2.75) is 32.3 Å². The molecule has 3 heteroatoms. The fourth-order valence-corrected chi connectivity index (χ4v) is 3.07. The highest BCUT2D eigenvalue weighted by atomic mass is 16.3. The maximum absolute atomic E-state index is 10.8. The molecule has 1 fully saturated rings. The number of nitrogens with two attached hydrogens (primary N) is 1. The van der Waals surface area contributed by atoms with Crippen LogP contribution < -0.4 is 5.73 Å². The molecule has 3 N–H and O–H groups in total. The second kappa shape index (κ2) is 6.70. The summed E-state index contributed by atoms with van der Waals surface area (Å²) in [7, 11) is 0. The Hall–Kier alpha value is -0.900. The van der Waals surface area contributed by atoms with Crippen molar-refractivity contribution in [3.05, 3.63) is 35.9 Å². The van der Waals surface area contributed by atoms with Crippen molar-refractivity contribution >= 4 is 0 Å². The third kappa shape index (κ3) is 3.60. The maximum atomic E-state index is 10.8. The first-order chi connectivity index (χ1) is 9.55. The van der Waals surface area contributed by atoms with Gasteiger partial charge in [-0.2, -0.15) is 0 Å². The van der Waals surface area contributed by atoms with E-state index in [1.807, 2.05) is 30.3 Å². The standard InChI is InChI=1S/C17H28N2O/c1-14(2)15-8-10-19(12-15)11-9-17(20,13-18)16-6-4-3-5-7-16/h3-7,14-15,20H,8-13,18H2,1-2H3. The Morgan fingerprint density at radius 1 is 1.35 bits per heavy atom. The minimum absolute atomic E-state index is 0.276. The molecule has 1 aromatic rings. The smallest absolute Gasteiger partial charge is 0.103 e. The molecule has 1 heterocycles. The number of nitrogens with zero attached hydrogens (tertiary/aromatic N) is 1. The van der Waals surface area contributed by atoms with Crippen LogP contribution >= 0.6 is 0 Å². The van der Waals surface area contributed by atoms with Gasteiger partial charge in [0.25, 0.3) is 0 Å². The van der Waals surface area contributed by atoms with Gasteiger partial charge in [0.15, 0.2) is 0 Å². The number of likely N-dealkylation sites (tertiary alicyclic amines) is 1. The van der Waals surface area contributed by atoms with E-state index in [4.69, 9.17) is 5.73 Å². The average Bonchev–Trinajstić information content (AvgIpc) is 2.95. The maximum Gasteiger partial charge on any atom is 0.103 e. The predicted octanol–water partition coefficient (Wildman–Crippen LogP) is 2.20. The molecule has 0 aromatic heterocycles. The molecule has 0 aliphatic carbocycles. The second-order valence-corrected chi connectivity index (χ2v) is 6.45. The molecule has 1 saturated heterocycles. The highest BCUT2D eigenvalue weighted by molar-refractivity contribution is 5.22. The molecule has 0 radical (unpaired) electrons. The summed E-state index contributed by atoms with van der Waals surface area (Å²) < 4.78 is 0. The molecule has 2 rings (SSSR count). The topological polar surface area (TPSA) is 49.5 Å². The molecule has 3 nitrogen and oxygen atoms in total. The molecule has 0 spiro atoms. The molecule has 2 atom stereocenters. The Morgan fingerprint density at radius 3 is 2.60 bits per heavy atom. The first kappa shape index (κ1) is 15.5. The highest BCUT2D eigenvalue weighted by Gasteiger charge is 2.30. The number of rotatable bonds is 6. The van der Waals surface area contributed by atoms with Crippen LogP contribution in [0.2, 0.25) is 0 Å². The van der Waals surface area contributed by atoms with Gasteiger partial charge in [0.05, 0.1) is 0 Å². The van der Waals surface area contributed by atoms with Gasteiger partial charge in [-0.15, -0.1) is 0 Å². The molecule has 20 heavy (non-hydrogen) atoms. The normalized spacial score (nSPS) is 23.1. The van der Waals surface area contributed by atoms with Gasteiger partial charge in [-0.05, 0) is 36.8 Å². The number of hydrogen-bond donors (Lipinski definition) is 2. The van der Waals surface area contributed by atoms with E-state index >= 15 is 0 Å². The molecular formula is C17H28N2O. The van der Waals surface area contributed by atoms with Crippen LogP contribution in [-0.2, 0) is 5.60 Å². The molecule has 1 aliphatic heterocycles. The predicted molar refractivity (Wildman–Crippen MR) is 83.4 cm³/mol. The highest BCUT2D eigenvalue weighted by Crippen LogP contribution is 2.27. The van der Waals surface area contributed by atoms with Crippen LogP contribution in [0.4, 0.5) is 0 Å². The number of hydrogen-bond acceptors (Lipinski definition) is 3. The largest absolute Gasteiger partial charge is 0.384 e. The van der Waals surface area contributed by atoms with E-state index in [9.17, 15) is 5.11 Å². The van der Waals surface area contributed by atoms with Gasteiger partial charge in [-0.25, -0.2) is 0 Å². The number of benzene rings is 1. The fourth-order valence-electron chi connectivity index (χ4n) is 3.07. The molecule has 2 unspecified atom stereocenters. The fraction of sp³-hybridized carbons (Fsp3) is 0.647. The van der Waals surface area contributed by atoms with Crippen LogP contribution in [-0.4, -0.2) is 36.2 Å². The molecule has 0 saturated carbocycles. The minimum atomic E-state index is -0.892. The third-order valence-corrected chi connectivity index (χ3v) is 4.74.